The van der Waals surface area contributed by atoms with Crippen molar-refractivity contribution in [3.05, 3.63) is 38.9 Å². The number of nitro benzene ring substituents is 1. The van der Waals surface area contributed by atoms with Crippen LogP contribution in [0.1, 0.15) is 40.5 Å². The van der Waals surface area contributed by atoms with Gasteiger partial charge in [-0.15, -0.1) is 0 Å². The molecule has 5 heteroatoms. The third kappa shape index (κ3) is 1.68. The summed E-state index contributed by atoms with van der Waals surface area (Å²) >= 11 is 0. The Morgan fingerprint density at radius 1 is 1.50 bits per heavy atom. The number of carbonyl (C=O) groups excluding carboxylic acids is 1. The number of halogens is 1. The molecule has 0 heterocycles. The summed E-state index contributed by atoms with van der Waals surface area (Å²) in [5.41, 5.74) is 0.897. The van der Waals surface area contributed by atoms with Crippen LogP contribution in [0.4, 0.5) is 10.1 Å². The number of alkyl halides is 1. The van der Waals surface area contributed by atoms with Crippen molar-refractivity contribution < 1.29 is 14.1 Å². The SMILES string of the molecule is O=Cc1cc([N+](=O)[O-])cc2c1[C@H](F)CCC2. The third-order valence-electron chi connectivity index (χ3n) is 2.84. The van der Waals surface area contributed by atoms with E-state index in [9.17, 15) is 19.3 Å². The zero-order valence-corrected chi connectivity index (χ0v) is 8.48. The van der Waals surface area contributed by atoms with Crippen LogP contribution in [0.3, 0.4) is 0 Å². The molecule has 0 aromatic heterocycles. The molecule has 1 aromatic carbocycles. The van der Waals surface area contributed by atoms with Gasteiger partial charge < -0.3 is 0 Å². The molecule has 0 saturated heterocycles. The lowest BCUT2D eigenvalue weighted by Gasteiger charge is -2.20. The molecule has 0 aliphatic heterocycles. The van der Waals surface area contributed by atoms with Gasteiger partial charge in [0, 0.05) is 23.3 Å². The van der Waals surface area contributed by atoms with Crippen LogP contribution in [0, 0.1) is 10.1 Å². The fourth-order valence-electron chi connectivity index (χ4n) is 2.13. The van der Waals surface area contributed by atoms with Gasteiger partial charge in [-0.3, -0.25) is 14.9 Å². The molecule has 1 aliphatic carbocycles. The van der Waals surface area contributed by atoms with Gasteiger partial charge >= 0.3 is 0 Å². The van der Waals surface area contributed by atoms with Crippen molar-refractivity contribution in [2.45, 2.75) is 25.4 Å². The van der Waals surface area contributed by atoms with Gasteiger partial charge in [0.2, 0.25) is 0 Å². The minimum Gasteiger partial charge on any atom is -0.298 e. The number of nitrogens with zero attached hydrogens (tertiary/aromatic N) is 1. The number of nitro groups is 1. The van der Waals surface area contributed by atoms with Crippen LogP contribution < -0.4 is 0 Å². The molecule has 0 radical (unpaired) electrons. The molecule has 1 atom stereocenters. The van der Waals surface area contributed by atoms with Gasteiger partial charge in [-0.1, -0.05) is 0 Å². The molecule has 1 aromatic rings. The minimum atomic E-state index is -1.18. The number of carbonyl (C=O) groups is 1. The number of aldehydes is 1. The Balaban J connectivity index is 2.62. The van der Waals surface area contributed by atoms with E-state index in [4.69, 9.17) is 0 Å². The summed E-state index contributed by atoms with van der Waals surface area (Å²) < 4.78 is 13.6. The molecule has 0 spiro atoms. The molecule has 4 nitrogen and oxygen atoms in total. The van der Waals surface area contributed by atoms with Crippen molar-refractivity contribution in [3.8, 4) is 0 Å². The predicted octanol–water partition coefficient (Wildman–Crippen LogP) is 2.75. The van der Waals surface area contributed by atoms with Crippen molar-refractivity contribution in [3.63, 3.8) is 0 Å². The predicted molar refractivity (Wildman–Crippen MR) is 55.3 cm³/mol. The summed E-state index contributed by atoms with van der Waals surface area (Å²) in [6.07, 6.45) is 0.950. The van der Waals surface area contributed by atoms with Crippen LogP contribution in [-0.4, -0.2) is 11.2 Å². The zero-order chi connectivity index (χ0) is 11.7. The Kier molecular flexibility index (Phi) is 2.68. The lowest BCUT2D eigenvalue weighted by atomic mass is 9.87. The van der Waals surface area contributed by atoms with E-state index >= 15 is 0 Å². The highest BCUT2D eigenvalue weighted by atomic mass is 19.1. The first-order valence-corrected chi connectivity index (χ1v) is 5.04. The standard InChI is InChI=1S/C11H10FNO3/c12-10-3-1-2-7-4-9(13(15)16)5-8(6-14)11(7)10/h4-6,10H,1-3H2/t10-/m1/s1. The van der Waals surface area contributed by atoms with Gasteiger partial charge in [-0.25, -0.2) is 4.39 Å². The molecule has 2 rings (SSSR count). The molecule has 16 heavy (non-hydrogen) atoms. The second kappa shape index (κ2) is 4.00. The average molecular weight is 223 g/mol. The second-order valence-corrected chi connectivity index (χ2v) is 3.84. The van der Waals surface area contributed by atoms with E-state index in [1.165, 1.54) is 6.07 Å². The third-order valence-corrected chi connectivity index (χ3v) is 2.84. The zero-order valence-electron chi connectivity index (χ0n) is 8.48. The maximum absolute atomic E-state index is 13.6. The molecular formula is C11H10FNO3. The van der Waals surface area contributed by atoms with Gasteiger partial charge in [-0.2, -0.15) is 0 Å². The Hall–Kier alpha value is -1.78. The van der Waals surface area contributed by atoms with E-state index in [-0.39, 0.29) is 11.3 Å². The van der Waals surface area contributed by atoms with E-state index in [2.05, 4.69) is 0 Å². The summed E-state index contributed by atoms with van der Waals surface area (Å²) in [5.74, 6) is 0. The second-order valence-electron chi connectivity index (χ2n) is 3.84. The maximum Gasteiger partial charge on any atom is 0.270 e. The van der Waals surface area contributed by atoms with Crippen LogP contribution >= 0.6 is 0 Å². The monoisotopic (exact) mass is 223 g/mol. The number of aryl methyl sites for hydroxylation is 1. The molecule has 0 unspecified atom stereocenters. The minimum absolute atomic E-state index is 0.108. The Labute approximate surface area is 91.2 Å². The largest absolute Gasteiger partial charge is 0.298 e. The molecular weight excluding hydrogens is 213 g/mol. The van der Waals surface area contributed by atoms with Gasteiger partial charge in [0.05, 0.1) is 4.92 Å². The van der Waals surface area contributed by atoms with Crippen molar-refractivity contribution in [2.75, 3.05) is 0 Å². The highest BCUT2D eigenvalue weighted by Crippen LogP contribution is 2.36. The van der Waals surface area contributed by atoms with Gasteiger partial charge in [-0.05, 0) is 24.8 Å². The number of rotatable bonds is 2. The Morgan fingerprint density at radius 3 is 2.88 bits per heavy atom. The van der Waals surface area contributed by atoms with Crippen molar-refractivity contribution in [1.82, 2.24) is 0 Å². The summed E-state index contributed by atoms with van der Waals surface area (Å²) in [5, 5.41) is 10.6. The molecule has 1 aliphatic rings. The lowest BCUT2D eigenvalue weighted by molar-refractivity contribution is -0.385. The topological polar surface area (TPSA) is 60.2 Å². The molecule has 0 saturated carbocycles. The first kappa shape index (κ1) is 10.7. The molecule has 0 bridgehead atoms. The molecule has 0 N–H and O–H groups in total. The fourth-order valence-corrected chi connectivity index (χ4v) is 2.13. The smallest absolute Gasteiger partial charge is 0.270 e. The lowest BCUT2D eigenvalue weighted by Crippen LogP contribution is -2.10. The number of benzene rings is 1. The number of hydrogen-bond donors (Lipinski definition) is 0. The highest BCUT2D eigenvalue weighted by molar-refractivity contribution is 5.80. The highest BCUT2D eigenvalue weighted by Gasteiger charge is 2.25. The van der Waals surface area contributed by atoms with Crippen molar-refractivity contribution >= 4 is 12.0 Å². The maximum atomic E-state index is 13.6. The van der Waals surface area contributed by atoms with Crippen LogP contribution in [0.5, 0.6) is 0 Å². The van der Waals surface area contributed by atoms with E-state index in [0.717, 1.165) is 6.07 Å². The van der Waals surface area contributed by atoms with Crippen LogP contribution in [0.2, 0.25) is 0 Å². The van der Waals surface area contributed by atoms with Gasteiger partial charge in [0.25, 0.3) is 5.69 Å². The van der Waals surface area contributed by atoms with Crippen molar-refractivity contribution in [2.24, 2.45) is 0 Å². The number of hydrogen-bond acceptors (Lipinski definition) is 3. The summed E-state index contributed by atoms with van der Waals surface area (Å²) in [7, 11) is 0. The average Bonchev–Trinajstić information content (AvgIpc) is 2.27. The van der Waals surface area contributed by atoms with E-state index in [1.54, 1.807) is 0 Å². The normalized spacial score (nSPS) is 18.9. The van der Waals surface area contributed by atoms with Gasteiger partial charge in [0.1, 0.15) is 6.17 Å². The van der Waals surface area contributed by atoms with E-state index in [1.807, 2.05) is 0 Å². The summed E-state index contributed by atoms with van der Waals surface area (Å²) in [4.78, 5) is 20.9. The van der Waals surface area contributed by atoms with E-state index < -0.39 is 11.1 Å². The van der Waals surface area contributed by atoms with E-state index in [0.29, 0.717) is 36.7 Å². The Bertz CT molecular complexity index is 459. The quantitative estimate of drug-likeness (QED) is 0.440. The molecule has 0 amide bonds. The molecule has 0 fully saturated rings. The van der Waals surface area contributed by atoms with Crippen LogP contribution in [0.25, 0.3) is 0 Å². The first-order valence-electron chi connectivity index (χ1n) is 5.04. The fraction of sp³-hybridized carbons (Fsp3) is 0.364. The first-order chi connectivity index (χ1) is 7.63. The summed E-state index contributed by atoms with van der Waals surface area (Å²) in [6.45, 7) is 0. The van der Waals surface area contributed by atoms with Crippen molar-refractivity contribution in [1.29, 1.82) is 0 Å². The van der Waals surface area contributed by atoms with Crippen LogP contribution in [0.15, 0.2) is 12.1 Å². The number of fused-ring (bicyclic) bond motifs is 1. The summed E-state index contributed by atoms with van der Waals surface area (Å²) in [6, 6.07) is 2.51. The Morgan fingerprint density at radius 2 is 2.25 bits per heavy atom. The van der Waals surface area contributed by atoms with Gasteiger partial charge in [0.15, 0.2) is 6.29 Å². The van der Waals surface area contributed by atoms with Crippen LogP contribution in [-0.2, 0) is 6.42 Å². The molecule has 84 valence electrons. The number of non-ortho nitro benzene ring substituents is 1.